The minimum absolute atomic E-state index is 0.00407. The summed E-state index contributed by atoms with van der Waals surface area (Å²) in [5.74, 6) is -1.51. The third-order valence-electron chi connectivity index (χ3n) is 6.57. The molecule has 0 bridgehead atoms. The molecule has 0 spiro atoms. The molecule has 1 aromatic heterocycles. The van der Waals surface area contributed by atoms with E-state index in [1.165, 1.54) is 6.07 Å². The van der Waals surface area contributed by atoms with Gasteiger partial charge in [-0.05, 0) is 50.0 Å². The van der Waals surface area contributed by atoms with Gasteiger partial charge in [-0.2, -0.15) is 5.10 Å². The Kier molecular flexibility index (Phi) is 5.83. The van der Waals surface area contributed by atoms with E-state index in [2.05, 4.69) is 10.4 Å². The monoisotopic (exact) mass is 442 g/mol. The number of amides is 1. The lowest BCUT2D eigenvalue weighted by Gasteiger charge is -2.29. The van der Waals surface area contributed by atoms with E-state index in [0.717, 1.165) is 5.69 Å². The van der Waals surface area contributed by atoms with Crippen molar-refractivity contribution in [3.63, 3.8) is 0 Å². The Morgan fingerprint density at radius 1 is 1.28 bits per heavy atom. The summed E-state index contributed by atoms with van der Waals surface area (Å²) in [6.07, 6.45) is 4.09. The van der Waals surface area contributed by atoms with Crippen LogP contribution in [0.4, 0.5) is 10.1 Å². The first kappa shape index (κ1) is 22.5. The molecule has 2 aliphatic carbocycles. The molecule has 32 heavy (non-hydrogen) atoms. The summed E-state index contributed by atoms with van der Waals surface area (Å²) in [5, 5.41) is 17.7. The zero-order chi connectivity index (χ0) is 23.2. The Hall–Kier alpha value is -2.74. The van der Waals surface area contributed by atoms with E-state index in [4.69, 9.17) is 5.73 Å². The second-order valence-electron chi connectivity index (χ2n) is 9.84. The number of anilines is 1. The van der Waals surface area contributed by atoms with E-state index < -0.39 is 11.7 Å². The lowest BCUT2D eigenvalue weighted by atomic mass is 9.75. The molecule has 4 rings (SSSR count). The molecule has 0 unspecified atom stereocenters. The van der Waals surface area contributed by atoms with E-state index in [1.54, 1.807) is 10.7 Å². The van der Waals surface area contributed by atoms with Crippen LogP contribution in [-0.2, 0) is 12.8 Å². The Morgan fingerprint density at radius 3 is 2.59 bits per heavy atom. The minimum atomic E-state index is -0.847. The Bertz CT molecular complexity index is 1070. The minimum Gasteiger partial charge on any atom is -0.393 e. The number of benzene rings is 1. The molecular weight excluding hydrogens is 411 g/mol. The average molecular weight is 443 g/mol. The first-order valence-electron chi connectivity index (χ1n) is 11.3. The average Bonchev–Trinajstić information content (AvgIpc) is 3.06. The summed E-state index contributed by atoms with van der Waals surface area (Å²) in [7, 11) is 0. The van der Waals surface area contributed by atoms with Crippen LogP contribution in [0.5, 0.6) is 0 Å². The molecule has 0 aliphatic heterocycles. The first-order chi connectivity index (χ1) is 15.1. The second-order valence-corrected chi connectivity index (χ2v) is 9.84. The molecule has 1 fully saturated rings. The highest BCUT2D eigenvalue weighted by Crippen LogP contribution is 2.38. The fourth-order valence-electron chi connectivity index (χ4n) is 5.01. The van der Waals surface area contributed by atoms with Crippen LogP contribution in [0.1, 0.15) is 85.0 Å². The number of fused-ring (bicyclic) bond motifs is 1. The number of aliphatic hydroxyl groups is 1. The number of aliphatic hydroxyl groups excluding tert-OH is 1. The summed E-state index contributed by atoms with van der Waals surface area (Å²) in [4.78, 5) is 24.9. The molecule has 1 saturated carbocycles. The van der Waals surface area contributed by atoms with Crippen LogP contribution >= 0.6 is 0 Å². The van der Waals surface area contributed by atoms with Crippen molar-refractivity contribution in [2.75, 3.05) is 5.32 Å². The fraction of sp³-hybridized carbons (Fsp3) is 0.542. The molecule has 0 saturated heterocycles. The van der Waals surface area contributed by atoms with E-state index in [9.17, 15) is 14.7 Å². The van der Waals surface area contributed by atoms with Crippen molar-refractivity contribution in [2.24, 2.45) is 11.1 Å². The number of nitrogens with zero attached hydrogens (tertiary/aromatic N) is 2. The molecule has 4 N–H and O–H groups in total. The summed E-state index contributed by atoms with van der Waals surface area (Å²) in [6.45, 7) is 6.03. The van der Waals surface area contributed by atoms with Gasteiger partial charge in [0.2, 0.25) is 0 Å². The van der Waals surface area contributed by atoms with Gasteiger partial charge in [0.25, 0.3) is 5.91 Å². The highest BCUT2D eigenvalue weighted by molar-refractivity contribution is 6.00. The van der Waals surface area contributed by atoms with Crippen molar-refractivity contribution in [1.82, 2.24) is 9.78 Å². The number of ketones is 1. The smallest absolute Gasteiger partial charge is 0.253 e. The molecule has 7 nitrogen and oxygen atoms in total. The van der Waals surface area contributed by atoms with Crippen LogP contribution < -0.4 is 11.1 Å². The SMILES string of the molecule is CCc1nn(-c2cc(F)c(C(N)=O)c(N[C@H]3CC[C@H](O)CC3)c2)c2c1C(=O)CC(C)(C)C2. The third-order valence-corrected chi connectivity index (χ3v) is 6.57. The lowest BCUT2D eigenvalue weighted by molar-refractivity contribution is 0.0909. The molecular formula is C24H31FN4O3. The number of halogens is 1. The van der Waals surface area contributed by atoms with Gasteiger partial charge in [-0.3, -0.25) is 9.59 Å². The Morgan fingerprint density at radius 2 is 1.97 bits per heavy atom. The summed E-state index contributed by atoms with van der Waals surface area (Å²) >= 11 is 0. The van der Waals surface area contributed by atoms with Crippen LogP contribution in [0.2, 0.25) is 0 Å². The van der Waals surface area contributed by atoms with Crippen LogP contribution in [0.25, 0.3) is 5.69 Å². The Labute approximate surface area is 187 Å². The molecule has 0 radical (unpaired) electrons. The third kappa shape index (κ3) is 4.16. The van der Waals surface area contributed by atoms with Gasteiger partial charge in [-0.15, -0.1) is 0 Å². The van der Waals surface area contributed by atoms with Crippen molar-refractivity contribution in [2.45, 2.75) is 77.9 Å². The van der Waals surface area contributed by atoms with Gasteiger partial charge in [0.15, 0.2) is 5.78 Å². The topological polar surface area (TPSA) is 110 Å². The number of primary amides is 1. The van der Waals surface area contributed by atoms with E-state index in [1.807, 2.05) is 20.8 Å². The maximum absolute atomic E-state index is 15.1. The molecule has 1 aromatic carbocycles. The number of rotatable bonds is 5. The number of nitrogens with one attached hydrogen (secondary N) is 1. The lowest BCUT2D eigenvalue weighted by Crippen LogP contribution is -2.30. The molecule has 0 atom stereocenters. The van der Waals surface area contributed by atoms with E-state index in [0.29, 0.717) is 67.6 Å². The molecule has 1 heterocycles. The normalized spacial score (nSPS) is 22.5. The predicted molar refractivity (Wildman–Crippen MR) is 120 cm³/mol. The zero-order valence-corrected chi connectivity index (χ0v) is 18.9. The maximum atomic E-state index is 15.1. The molecule has 1 amide bonds. The number of hydrogen-bond acceptors (Lipinski definition) is 5. The van der Waals surface area contributed by atoms with Gasteiger partial charge in [0, 0.05) is 18.5 Å². The number of aryl methyl sites for hydroxylation is 1. The number of carbonyl (C=O) groups is 2. The van der Waals surface area contributed by atoms with Crippen molar-refractivity contribution in [3.05, 3.63) is 40.5 Å². The highest BCUT2D eigenvalue weighted by Gasteiger charge is 2.36. The van der Waals surface area contributed by atoms with Crippen LogP contribution in [0, 0.1) is 11.2 Å². The first-order valence-corrected chi connectivity index (χ1v) is 11.3. The summed E-state index contributed by atoms with van der Waals surface area (Å²) < 4.78 is 16.8. The zero-order valence-electron chi connectivity index (χ0n) is 18.9. The van der Waals surface area contributed by atoms with Gasteiger partial charge in [0.05, 0.1) is 40.0 Å². The molecule has 2 aromatic rings. The number of carbonyl (C=O) groups excluding carboxylic acids is 2. The molecule has 2 aliphatic rings. The predicted octanol–water partition coefficient (Wildman–Crippen LogP) is 3.54. The van der Waals surface area contributed by atoms with Gasteiger partial charge >= 0.3 is 0 Å². The van der Waals surface area contributed by atoms with E-state index >= 15 is 4.39 Å². The quantitative estimate of drug-likeness (QED) is 0.656. The van der Waals surface area contributed by atoms with E-state index in [-0.39, 0.29) is 28.9 Å². The number of hydrogen-bond donors (Lipinski definition) is 3. The van der Waals surface area contributed by atoms with Gasteiger partial charge in [-0.1, -0.05) is 20.8 Å². The highest BCUT2D eigenvalue weighted by atomic mass is 19.1. The van der Waals surface area contributed by atoms with Crippen LogP contribution in [0.15, 0.2) is 12.1 Å². The Balaban J connectivity index is 1.81. The fourth-order valence-corrected chi connectivity index (χ4v) is 5.01. The van der Waals surface area contributed by atoms with Gasteiger partial charge in [-0.25, -0.2) is 9.07 Å². The molecule has 172 valence electrons. The standard InChI is InChI=1S/C24H31FN4O3/c1-4-17-22-19(11-24(2,3)12-20(22)31)29(28-17)14-9-16(25)21(23(26)32)18(10-14)27-13-5-7-15(30)8-6-13/h9-10,13,15,27,30H,4-8,11-12H2,1-3H3,(H2,26,32)/t13-,15-. The largest absolute Gasteiger partial charge is 0.393 e. The van der Waals surface area contributed by atoms with Crippen LogP contribution in [-0.4, -0.2) is 38.7 Å². The maximum Gasteiger partial charge on any atom is 0.253 e. The number of nitrogens with two attached hydrogens (primary N) is 1. The molecule has 8 heteroatoms. The van der Waals surface area contributed by atoms with Crippen LogP contribution in [0.3, 0.4) is 0 Å². The second kappa shape index (κ2) is 8.31. The number of aromatic nitrogens is 2. The van der Waals surface area contributed by atoms with Crippen molar-refractivity contribution in [3.8, 4) is 5.69 Å². The van der Waals surface area contributed by atoms with Crippen molar-refractivity contribution in [1.29, 1.82) is 0 Å². The van der Waals surface area contributed by atoms with Crippen molar-refractivity contribution < 1.29 is 19.1 Å². The summed E-state index contributed by atoms with van der Waals surface area (Å²) in [5.41, 5.74) is 7.98. The van der Waals surface area contributed by atoms with Gasteiger partial charge < -0.3 is 16.2 Å². The van der Waals surface area contributed by atoms with Gasteiger partial charge in [0.1, 0.15) is 5.82 Å². The van der Waals surface area contributed by atoms with Crippen molar-refractivity contribution >= 4 is 17.4 Å². The summed E-state index contributed by atoms with van der Waals surface area (Å²) in [6, 6.07) is 2.95. The number of Topliss-reactive ketones (excluding diaryl/α,β-unsaturated/α-hetero) is 1.